The van der Waals surface area contributed by atoms with Gasteiger partial charge in [-0.05, 0) is 6.92 Å². The molecule has 0 heterocycles. The summed E-state index contributed by atoms with van der Waals surface area (Å²) in [6.45, 7) is 2.07. The molecule has 4 N–H and O–H groups in total. The molecule has 0 aliphatic carbocycles. The molecule has 0 aromatic rings. The molecule has 0 rings (SSSR count). The molecule has 17 heavy (non-hydrogen) atoms. The average Bonchev–Trinajstić information content (AvgIpc) is 2.25. The second-order valence-corrected chi connectivity index (χ2v) is 5.39. The third kappa shape index (κ3) is 7.70. The third-order valence-electron chi connectivity index (χ3n) is 2.11. The number of amides is 2. The van der Waals surface area contributed by atoms with E-state index >= 15 is 0 Å². The lowest BCUT2D eigenvalue weighted by atomic mass is 10.2. The Morgan fingerprint density at radius 1 is 1.35 bits per heavy atom. The first-order valence-corrected chi connectivity index (χ1v) is 6.71. The molecule has 0 aromatic carbocycles. The Morgan fingerprint density at radius 2 is 1.94 bits per heavy atom. The minimum absolute atomic E-state index is 0.0575. The van der Waals surface area contributed by atoms with Gasteiger partial charge in [0.2, 0.25) is 0 Å². The van der Waals surface area contributed by atoms with Crippen LogP contribution in [0.1, 0.15) is 13.3 Å². The Kier molecular flexibility index (Phi) is 7.47. The topological polar surface area (TPSA) is 116 Å². The van der Waals surface area contributed by atoms with E-state index in [0.29, 0.717) is 0 Å². The lowest BCUT2D eigenvalue weighted by Crippen LogP contribution is -2.41. The van der Waals surface area contributed by atoms with Gasteiger partial charge in [0, 0.05) is 41.8 Å². The van der Waals surface area contributed by atoms with E-state index in [0.717, 1.165) is 0 Å². The number of hydrogen-bond donors (Lipinski definition) is 4. The Bertz CT molecular complexity index is 297. The molecule has 0 aliphatic heterocycles. The van der Waals surface area contributed by atoms with Gasteiger partial charge in [0.15, 0.2) is 6.10 Å². The lowest BCUT2D eigenvalue weighted by Gasteiger charge is -2.11. The normalized spacial score (nSPS) is 15.7. The molecule has 0 fully saturated rings. The smallest absolute Gasteiger partial charge is 0.332 e. The van der Waals surface area contributed by atoms with E-state index in [1.54, 1.807) is 13.2 Å². The summed E-state index contributed by atoms with van der Waals surface area (Å²) in [6, 6.07) is -0.472. The zero-order valence-electron chi connectivity index (χ0n) is 9.80. The van der Waals surface area contributed by atoms with Crippen LogP contribution in [0.3, 0.4) is 0 Å². The SMILES string of the molecule is CC(CNC(=O)NCCC(O)C(=O)O)S(C)=O. The summed E-state index contributed by atoms with van der Waals surface area (Å²) in [5.41, 5.74) is 0. The van der Waals surface area contributed by atoms with Crippen molar-refractivity contribution in [2.75, 3.05) is 19.3 Å². The molecule has 0 spiro atoms. The molecular weight excluding hydrogens is 248 g/mol. The standard InChI is InChI=1S/C9H18N2O5S/c1-6(17(2)16)5-11-9(15)10-4-3-7(12)8(13)14/h6-7,12H,3-5H2,1-2H3,(H,13,14)(H2,10,11,15). The van der Waals surface area contributed by atoms with Gasteiger partial charge in [-0.3, -0.25) is 4.21 Å². The van der Waals surface area contributed by atoms with E-state index in [2.05, 4.69) is 10.6 Å². The maximum absolute atomic E-state index is 11.2. The molecule has 2 amide bonds. The molecule has 3 atom stereocenters. The first-order valence-electron chi connectivity index (χ1n) is 5.09. The molecule has 0 aromatic heterocycles. The maximum atomic E-state index is 11.2. The van der Waals surface area contributed by atoms with Crippen molar-refractivity contribution in [3.63, 3.8) is 0 Å². The largest absolute Gasteiger partial charge is 0.479 e. The number of carboxylic acid groups (broad SMARTS) is 1. The fourth-order valence-electron chi connectivity index (χ4n) is 0.862. The molecule has 0 bridgehead atoms. The van der Waals surface area contributed by atoms with Crippen LogP contribution in [0.25, 0.3) is 0 Å². The summed E-state index contributed by atoms with van der Waals surface area (Å²) >= 11 is 0. The zero-order valence-corrected chi connectivity index (χ0v) is 10.6. The summed E-state index contributed by atoms with van der Waals surface area (Å²) in [4.78, 5) is 21.4. The molecule has 8 heteroatoms. The fraction of sp³-hybridized carbons (Fsp3) is 0.778. The number of nitrogens with one attached hydrogen (secondary N) is 2. The maximum Gasteiger partial charge on any atom is 0.332 e. The molecule has 0 radical (unpaired) electrons. The zero-order chi connectivity index (χ0) is 13.4. The lowest BCUT2D eigenvalue weighted by molar-refractivity contribution is -0.146. The first kappa shape index (κ1) is 15.9. The second-order valence-electron chi connectivity index (χ2n) is 3.59. The van der Waals surface area contributed by atoms with Crippen molar-refractivity contribution >= 4 is 22.8 Å². The van der Waals surface area contributed by atoms with Crippen molar-refractivity contribution in [2.24, 2.45) is 0 Å². The Balaban J connectivity index is 3.67. The van der Waals surface area contributed by atoms with E-state index in [9.17, 15) is 13.8 Å². The number of aliphatic carboxylic acids is 1. The predicted octanol–water partition coefficient (Wildman–Crippen LogP) is -1.11. The van der Waals surface area contributed by atoms with E-state index in [1.807, 2.05) is 0 Å². The van der Waals surface area contributed by atoms with Gasteiger partial charge in [-0.15, -0.1) is 0 Å². The number of carbonyl (C=O) groups is 2. The summed E-state index contributed by atoms with van der Waals surface area (Å²) in [7, 11) is -1.01. The highest BCUT2D eigenvalue weighted by atomic mass is 32.2. The van der Waals surface area contributed by atoms with Crippen molar-refractivity contribution in [1.82, 2.24) is 10.6 Å². The summed E-state index contributed by atoms with van der Waals surface area (Å²) in [6.07, 6.45) is 0.0169. The van der Waals surface area contributed by atoms with E-state index in [1.165, 1.54) is 0 Å². The minimum atomic E-state index is -1.47. The molecule has 0 saturated heterocycles. The molecule has 0 saturated carbocycles. The van der Waals surface area contributed by atoms with Gasteiger partial charge in [0.25, 0.3) is 0 Å². The molecule has 3 unspecified atom stereocenters. The van der Waals surface area contributed by atoms with E-state index < -0.39 is 28.9 Å². The fourth-order valence-corrected chi connectivity index (χ4v) is 1.18. The number of aliphatic hydroxyl groups is 1. The molecule has 100 valence electrons. The van der Waals surface area contributed by atoms with Crippen LogP contribution in [0, 0.1) is 0 Å². The number of rotatable bonds is 7. The van der Waals surface area contributed by atoms with Gasteiger partial charge in [-0.25, -0.2) is 9.59 Å². The van der Waals surface area contributed by atoms with Gasteiger partial charge < -0.3 is 20.8 Å². The van der Waals surface area contributed by atoms with Crippen molar-refractivity contribution in [3.8, 4) is 0 Å². The van der Waals surface area contributed by atoms with Crippen LogP contribution in [0.4, 0.5) is 4.79 Å². The van der Waals surface area contributed by atoms with Crippen molar-refractivity contribution in [2.45, 2.75) is 24.7 Å². The van der Waals surface area contributed by atoms with Crippen LogP contribution in [0.2, 0.25) is 0 Å². The average molecular weight is 266 g/mol. The highest BCUT2D eigenvalue weighted by Crippen LogP contribution is 1.90. The number of hydrogen-bond acceptors (Lipinski definition) is 4. The van der Waals surface area contributed by atoms with Crippen LogP contribution in [-0.2, 0) is 15.6 Å². The monoisotopic (exact) mass is 266 g/mol. The molecule has 0 aliphatic rings. The van der Waals surface area contributed by atoms with Crippen molar-refractivity contribution in [1.29, 1.82) is 0 Å². The number of carbonyl (C=O) groups excluding carboxylic acids is 1. The Hall–Kier alpha value is -1.15. The first-order chi connectivity index (χ1) is 7.84. The second kappa shape index (κ2) is 8.02. The Labute approximate surface area is 102 Å². The van der Waals surface area contributed by atoms with Gasteiger partial charge in [-0.1, -0.05) is 0 Å². The van der Waals surface area contributed by atoms with Gasteiger partial charge in [0.05, 0.1) is 0 Å². The summed E-state index contributed by atoms with van der Waals surface area (Å²) < 4.78 is 11.0. The van der Waals surface area contributed by atoms with Gasteiger partial charge in [-0.2, -0.15) is 0 Å². The highest BCUT2D eigenvalue weighted by molar-refractivity contribution is 7.84. The van der Waals surface area contributed by atoms with E-state index in [-0.39, 0.29) is 24.8 Å². The van der Waals surface area contributed by atoms with Crippen LogP contribution < -0.4 is 10.6 Å². The van der Waals surface area contributed by atoms with Crippen LogP contribution in [0.15, 0.2) is 0 Å². The highest BCUT2D eigenvalue weighted by Gasteiger charge is 2.13. The molecule has 7 nitrogen and oxygen atoms in total. The quantitative estimate of drug-likeness (QED) is 0.466. The van der Waals surface area contributed by atoms with Crippen LogP contribution in [-0.4, -0.2) is 57.1 Å². The number of urea groups is 1. The van der Waals surface area contributed by atoms with Gasteiger partial charge >= 0.3 is 12.0 Å². The number of aliphatic hydroxyl groups excluding tert-OH is 1. The summed E-state index contributed by atoms with van der Waals surface area (Å²) in [5, 5.41) is 22.0. The molecular formula is C9H18N2O5S. The van der Waals surface area contributed by atoms with Crippen molar-refractivity contribution < 1.29 is 24.0 Å². The third-order valence-corrected chi connectivity index (χ3v) is 3.41. The van der Waals surface area contributed by atoms with Crippen molar-refractivity contribution in [3.05, 3.63) is 0 Å². The van der Waals surface area contributed by atoms with Crippen LogP contribution in [0.5, 0.6) is 0 Å². The minimum Gasteiger partial charge on any atom is -0.479 e. The predicted molar refractivity (Wildman–Crippen MR) is 63.2 cm³/mol. The van der Waals surface area contributed by atoms with Crippen LogP contribution >= 0.6 is 0 Å². The van der Waals surface area contributed by atoms with Gasteiger partial charge in [0.1, 0.15) is 0 Å². The summed E-state index contributed by atoms with van der Waals surface area (Å²) in [5.74, 6) is -1.32. The van der Waals surface area contributed by atoms with E-state index in [4.69, 9.17) is 10.2 Å². The Morgan fingerprint density at radius 3 is 2.41 bits per heavy atom. The number of carboxylic acids is 1.